The third kappa shape index (κ3) is 5.51. The highest BCUT2D eigenvalue weighted by Gasteiger charge is 2.16. The monoisotopic (exact) mass is 432 g/mol. The molecular formula is C25H21FN2O4. The van der Waals surface area contributed by atoms with Crippen molar-refractivity contribution >= 4 is 11.7 Å². The zero-order valence-corrected chi connectivity index (χ0v) is 17.4. The minimum Gasteiger partial charge on any atom is -0.489 e. The van der Waals surface area contributed by atoms with Gasteiger partial charge in [-0.25, -0.2) is 4.39 Å². The van der Waals surface area contributed by atoms with Crippen molar-refractivity contribution < 1.29 is 23.2 Å². The molecular weight excluding hydrogens is 411 g/mol. The van der Waals surface area contributed by atoms with Gasteiger partial charge in [-0.2, -0.15) is 0 Å². The molecule has 0 aliphatic rings. The molecule has 4 aromatic rings. The summed E-state index contributed by atoms with van der Waals surface area (Å²) >= 11 is 0. The third-order valence-electron chi connectivity index (χ3n) is 4.60. The van der Waals surface area contributed by atoms with Gasteiger partial charge in [0.25, 0.3) is 5.91 Å². The molecule has 32 heavy (non-hydrogen) atoms. The molecule has 1 N–H and O–H groups in total. The van der Waals surface area contributed by atoms with E-state index in [0.29, 0.717) is 35.2 Å². The van der Waals surface area contributed by atoms with Crippen LogP contribution in [-0.4, -0.2) is 11.1 Å². The van der Waals surface area contributed by atoms with Gasteiger partial charge in [0, 0.05) is 6.07 Å². The molecule has 0 atom stereocenters. The number of ether oxygens (including phenoxy) is 2. The number of hydrogen-bond acceptors (Lipinski definition) is 5. The molecule has 3 aromatic carbocycles. The molecule has 1 aromatic heterocycles. The number of carbonyl (C=O) groups excluding carboxylic acids is 1. The summed E-state index contributed by atoms with van der Waals surface area (Å²) in [5.74, 6) is 0.962. The van der Waals surface area contributed by atoms with E-state index in [1.807, 2.05) is 30.3 Å². The summed E-state index contributed by atoms with van der Waals surface area (Å²) in [5, 5.41) is 6.49. The summed E-state index contributed by atoms with van der Waals surface area (Å²) in [6.45, 7) is 2.19. The lowest BCUT2D eigenvalue weighted by Gasteiger charge is -2.14. The molecule has 0 aliphatic heterocycles. The third-order valence-corrected chi connectivity index (χ3v) is 4.60. The van der Waals surface area contributed by atoms with Crippen LogP contribution in [0.25, 0.3) is 0 Å². The molecule has 7 heteroatoms. The van der Waals surface area contributed by atoms with Crippen LogP contribution >= 0.6 is 0 Å². The van der Waals surface area contributed by atoms with Crippen LogP contribution in [0, 0.1) is 12.7 Å². The van der Waals surface area contributed by atoms with Crippen molar-refractivity contribution in [2.24, 2.45) is 0 Å². The molecule has 0 radical (unpaired) electrons. The predicted octanol–water partition coefficient (Wildman–Crippen LogP) is 5.53. The highest BCUT2D eigenvalue weighted by Crippen LogP contribution is 2.27. The Balaban J connectivity index is 1.54. The van der Waals surface area contributed by atoms with E-state index >= 15 is 0 Å². The number of carbonyl (C=O) groups is 1. The van der Waals surface area contributed by atoms with Gasteiger partial charge in [0.1, 0.15) is 36.3 Å². The zero-order chi connectivity index (χ0) is 22.3. The van der Waals surface area contributed by atoms with Gasteiger partial charge >= 0.3 is 0 Å². The Labute approximate surface area is 184 Å². The summed E-state index contributed by atoms with van der Waals surface area (Å²) in [7, 11) is 0. The molecule has 1 heterocycles. The summed E-state index contributed by atoms with van der Waals surface area (Å²) < 4.78 is 30.1. The fraction of sp³-hybridized carbons (Fsp3) is 0.120. The molecule has 0 fully saturated rings. The lowest BCUT2D eigenvalue weighted by Crippen LogP contribution is -2.14. The van der Waals surface area contributed by atoms with Crippen molar-refractivity contribution in [1.29, 1.82) is 0 Å². The summed E-state index contributed by atoms with van der Waals surface area (Å²) in [4.78, 5) is 12.9. The van der Waals surface area contributed by atoms with Crippen molar-refractivity contribution in [2.75, 3.05) is 5.32 Å². The van der Waals surface area contributed by atoms with E-state index in [4.69, 9.17) is 14.0 Å². The van der Waals surface area contributed by atoms with Crippen LogP contribution in [0.15, 0.2) is 83.4 Å². The van der Waals surface area contributed by atoms with E-state index in [9.17, 15) is 9.18 Å². The largest absolute Gasteiger partial charge is 0.489 e. The van der Waals surface area contributed by atoms with E-state index in [-0.39, 0.29) is 18.0 Å². The Kier molecular flexibility index (Phi) is 6.46. The fourth-order valence-corrected chi connectivity index (χ4v) is 3.04. The lowest BCUT2D eigenvalue weighted by molar-refractivity contribution is 0.102. The molecule has 0 bridgehead atoms. The van der Waals surface area contributed by atoms with Gasteiger partial charge in [0.2, 0.25) is 0 Å². The number of aromatic nitrogens is 1. The predicted molar refractivity (Wildman–Crippen MR) is 117 cm³/mol. The van der Waals surface area contributed by atoms with Crippen LogP contribution in [0.2, 0.25) is 0 Å². The standard InChI is InChI=1S/C25H21FN2O4/c1-17-12-24(28-32-17)27-25(29)22-14-21(30-16-19-8-5-9-20(26)13-19)10-11-23(22)31-15-18-6-3-2-4-7-18/h2-14H,15-16H2,1H3,(H,27,28,29). The zero-order valence-electron chi connectivity index (χ0n) is 17.4. The SMILES string of the molecule is Cc1cc(NC(=O)c2cc(OCc3cccc(F)c3)ccc2OCc2ccccc2)no1. The van der Waals surface area contributed by atoms with Gasteiger partial charge in [-0.05, 0) is 48.4 Å². The Morgan fingerprint density at radius 2 is 1.72 bits per heavy atom. The first-order chi connectivity index (χ1) is 15.6. The van der Waals surface area contributed by atoms with E-state index in [1.54, 1.807) is 43.3 Å². The highest BCUT2D eigenvalue weighted by atomic mass is 19.1. The first kappa shape index (κ1) is 21.1. The van der Waals surface area contributed by atoms with Crippen molar-refractivity contribution in [2.45, 2.75) is 20.1 Å². The number of amides is 1. The molecule has 0 spiro atoms. The average Bonchev–Trinajstić information content (AvgIpc) is 3.21. The number of nitrogens with zero attached hydrogens (tertiary/aromatic N) is 1. The minimum absolute atomic E-state index is 0.158. The van der Waals surface area contributed by atoms with E-state index in [1.165, 1.54) is 12.1 Å². The number of anilines is 1. The van der Waals surface area contributed by atoms with Gasteiger partial charge in [0.15, 0.2) is 5.82 Å². The second-order valence-electron chi connectivity index (χ2n) is 7.13. The molecule has 0 saturated carbocycles. The maximum atomic E-state index is 13.4. The number of aryl methyl sites for hydroxylation is 1. The molecule has 0 saturated heterocycles. The van der Waals surface area contributed by atoms with E-state index in [0.717, 1.165) is 5.56 Å². The molecule has 0 unspecified atom stereocenters. The Morgan fingerprint density at radius 3 is 2.47 bits per heavy atom. The van der Waals surface area contributed by atoms with Gasteiger partial charge < -0.3 is 19.3 Å². The molecule has 162 valence electrons. The number of hydrogen-bond donors (Lipinski definition) is 1. The van der Waals surface area contributed by atoms with E-state index < -0.39 is 5.91 Å². The summed E-state index contributed by atoms with van der Waals surface area (Å²) in [6.07, 6.45) is 0. The van der Waals surface area contributed by atoms with Gasteiger partial charge in [-0.1, -0.05) is 47.6 Å². The van der Waals surface area contributed by atoms with Gasteiger partial charge in [-0.15, -0.1) is 0 Å². The van der Waals surface area contributed by atoms with Crippen molar-refractivity contribution in [3.8, 4) is 11.5 Å². The Hall–Kier alpha value is -4.13. The second kappa shape index (κ2) is 9.78. The van der Waals surface area contributed by atoms with Crippen molar-refractivity contribution in [3.05, 3.63) is 107 Å². The maximum Gasteiger partial charge on any atom is 0.260 e. The van der Waals surface area contributed by atoms with Crippen LogP contribution in [-0.2, 0) is 13.2 Å². The smallest absolute Gasteiger partial charge is 0.260 e. The highest BCUT2D eigenvalue weighted by molar-refractivity contribution is 6.06. The average molecular weight is 432 g/mol. The van der Waals surface area contributed by atoms with Crippen LogP contribution in [0.5, 0.6) is 11.5 Å². The topological polar surface area (TPSA) is 73.6 Å². The maximum absolute atomic E-state index is 13.4. The van der Waals surface area contributed by atoms with Crippen LogP contribution in [0.1, 0.15) is 27.2 Å². The summed E-state index contributed by atoms with van der Waals surface area (Å²) in [5.41, 5.74) is 1.93. The second-order valence-corrected chi connectivity index (χ2v) is 7.13. The van der Waals surface area contributed by atoms with Crippen LogP contribution < -0.4 is 14.8 Å². The summed E-state index contributed by atoms with van der Waals surface area (Å²) in [6, 6.07) is 22.4. The minimum atomic E-state index is -0.419. The molecule has 6 nitrogen and oxygen atoms in total. The van der Waals surface area contributed by atoms with Crippen molar-refractivity contribution in [3.63, 3.8) is 0 Å². The molecule has 1 amide bonds. The number of nitrogens with one attached hydrogen (secondary N) is 1. The Morgan fingerprint density at radius 1 is 0.938 bits per heavy atom. The number of rotatable bonds is 8. The van der Waals surface area contributed by atoms with Gasteiger partial charge in [-0.3, -0.25) is 4.79 Å². The first-order valence-electron chi connectivity index (χ1n) is 9.99. The molecule has 4 rings (SSSR count). The first-order valence-corrected chi connectivity index (χ1v) is 9.99. The lowest BCUT2D eigenvalue weighted by atomic mass is 10.1. The molecule has 0 aliphatic carbocycles. The van der Waals surface area contributed by atoms with Crippen molar-refractivity contribution in [1.82, 2.24) is 5.16 Å². The van der Waals surface area contributed by atoms with Gasteiger partial charge in [0.05, 0.1) is 5.56 Å². The quantitative estimate of drug-likeness (QED) is 0.396. The van der Waals surface area contributed by atoms with E-state index in [2.05, 4.69) is 10.5 Å². The van der Waals surface area contributed by atoms with Crippen LogP contribution in [0.3, 0.4) is 0 Å². The number of benzene rings is 3. The van der Waals surface area contributed by atoms with Crippen LogP contribution in [0.4, 0.5) is 10.2 Å². The number of halogens is 1. The normalized spacial score (nSPS) is 10.6. The fourth-order valence-electron chi connectivity index (χ4n) is 3.04. The Bertz CT molecular complexity index is 1210.